The van der Waals surface area contributed by atoms with Gasteiger partial charge in [-0.25, -0.2) is 0 Å². The highest BCUT2D eigenvalue weighted by Gasteiger charge is 2.23. The third-order valence-corrected chi connectivity index (χ3v) is 4.09. The topological polar surface area (TPSA) is 39.1 Å². The Labute approximate surface area is 166 Å². The van der Waals surface area contributed by atoms with E-state index in [1.165, 1.54) is 0 Å². The van der Waals surface area contributed by atoms with Gasteiger partial charge in [0.05, 0.1) is 6.42 Å². The maximum atomic E-state index is 12.4. The average Bonchev–Trinajstić information content (AvgIpc) is 2.52. The van der Waals surface area contributed by atoms with Crippen LogP contribution in [0.25, 0.3) is 0 Å². The molecule has 7 heteroatoms. The van der Waals surface area contributed by atoms with Crippen LogP contribution in [0.15, 0.2) is 29.3 Å². The van der Waals surface area contributed by atoms with Gasteiger partial charge in [-0.2, -0.15) is 0 Å². The molecule has 0 N–H and O–H groups in total. The molecule has 5 nitrogen and oxygen atoms in total. The number of hydrogen-bond donors (Lipinski definition) is 0. The summed E-state index contributed by atoms with van der Waals surface area (Å²) in [6.45, 7) is 5.90. The van der Waals surface area contributed by atoms with Crippen LogP contribution in [0.4, 0.5) is 0 Å². The molecular formula is C17H26ClIN4O. The van der Waals surface area contributed by atoms with Gasteiger partial charge in [0.2, 0.25) is 5.91 Å². The van der Waals surface area contributed by atoms with Gasteiger partial charge in [-0.1, -0.05) is 23.7 Å². The summed E-state index contributed by atoms with van der Waals surface area (Å²) < 4.78 is 0. The molecule has 134 valence electrons. The Morgan fingerprint density at radius 2 is 1.83 bits per heavy atom. The standard InChI is InChI=1S/C17H25ClN4O.HI/c1-4-19-17(20(2)3)22-10-8-21(9-11-22)16(23)13-14-6-5-7-15(18)12-14;/h5-7,12H,4,8-11,13H2,1-3H3;1H. The van der Waals surface area contributed by atoms with Crippen molar-refractivity contribution in [2.24, 2.45) is 4.99 Å². The fourth-order valence-electron chi connectivity index (χ4n) is 2.75. The van der Waals surface area contributed by atoms with Crippen LogP contribution in [0.2, 0.25) is 5.02 Å². The summed E-state index contributed by atoms with van der Waals surface area (Å²) in [7, 11) is 4.01. The molecule has 0 unspecified atom stereocenters. The quantitative estimate of drug-likeness (QED) is 0.392. The van der Waals surface area contributed by atoms with E-state index in [0.717, 1.165) is 44.2 Å². The van der Waals surface area contributed by atoms with Crippen LogP contribution >= 0.6 is 35.6 Å². The van der Waals surface area contributed by atoms with Gasteiger partial charge in [0, 0.05) is 51.8 Å². The highest BCUT2D eigenvalue weighted by Crippen LogP contribution is 2.13. The van der Waals surface area contributed by atoms with Crippen molar-refractivity contribution in [3.8, 4) is 0 Å². The van der Waals surface area contributed by atoms with Crippen molar-refractivity contribution >= 4 is 47.4 Å². The van der Waals surface area contributed by atoms with Crippen molar-refractivity contribution in [2.75, 3.05) is 46.8 Å². The second-order valence-corrected chi connectivity index (χ2v) is 6.28. The number of carbonyl (C=O) groups is 1. The van der Waals surface area contributed by atoms with Crippen LogP contribution in [-0.2, 0) is 11.2 Å². The zero-order chi connectivity index (χ0) is 16.8. The van der Waals surface area contributed by atoms with Gasteiger partial charge in [0.15, 0.2) is 5.96 Å². The number of benzene rings is 1. The predicted octanol–water partition coefficient (Wildman–Crippen LogP) is 2.58. The number of amides is 1. The van der Waals surface area contributed by atoms with Crippen molar-refractivity contribution < 1.29 is 4.79 Å². The van der Waals surface area contributed by atoms with E-state index in [9.17, 15) is 4.79 Å². The van der Waals surface area contributed by atoms with Crippen molar-refractivity contribution in [3.63, 3.8) is 0 Å². The lowest BCUT2D eigenvalue weighted by Gasteiger charge is -2.38. The summed E-state index contributed by atoms with van der Waals surface area (Å²) in [5, 5.41) is 0.673. The molecule has 1 aliphatic heterocycles. The summed E-state index contributed by atoms with van der Waals surface area (Å²) in [6.07, 6.45) is 0.407. The third-order valence-electron chi connectivity index (χ3n) is 3.86. The average molecular weight is 465 g/mol. The van der Waals surface area contributed by atoms with Gasteiger partial charge in [-0.3, -0.25) is 9.79 Å². The van der Waals surface area contributed by atoms with Gasteiger partial charge >= 0.3 is 0 Å². The largest absolute Gasteiger partial charge is 0.349 e. The number of carbonyl (C=O) groups excluding carboxylic acids is 1. The van der Waals surface area contributed by atoms with E-state index in [-0.39, 0.29) is 29.9 Å². The Kier molecular flexibility index (Phi) is 8.83. The minimum Gasteiger partial charge on any atom is -0.349 e. The number of piperazine rings is 1. The van der Waals surface area contributed by atoms with Gasteiger partial charge in [-0.05, 0) is 24.6 Å². The zero-order valence-corrected chi connectivity index (χ0v) is 17.6. The maximum absolute atomic E-state index is 12.4. The Bertz CT molecular complexity index is 571. The van der Waals surface area contributed by atoms with Crippen molar-refractivity contribution in [1.29, 1.82) is 0 Å². The highest BCUT2D eigenvalue weighted by molar-refractivity contribution is 14.0. The molecular weight excluding hydrogens is 439 g/mol. The number of halogens is 2. The second-order valence-electron chi connectivity index (χ2n) is 5.84. The van der Waals surface area contributed by atoms with Crippen molar-refractivity contribution in [1.82, 2.24) is 14.7 Å². The Hall–Kier alpha value is -1.02. The van der Waals surface area contributed by atoms with E-state index in [1.54, 1.807) is 0 Å². The summed E-state index contributed by atoms with van der Waals surface area (Å²) in [6, 6.07) is 7.50. The first-order chi connectivity index (χ1) is 11.0. The minimum absolute atomic E-state index is 0. The molecule has 0 radical (unpaired) electrons. The summed E-state index contributed by atoms with van der Waals surface area (Å²) >= 11 is 5.98. The molecule has 1 amide bonds. The third kappa shape index (κ3) is 5.81. The zero-order valence-electron chi connectivity index (χ0n) is 14.5. The molecule has 0 saturated carbocycles. The molecule has 1 saturated heterocycles. The second kappa shape index (κ2) is 10.1. The number of rotatable bonds is 3. The SMILES string of the molecule is CCN=C(N(C)C)N1CCN(C(=O)Cc2cccc(Cl)c2)CC1.I. The molecule has 0 bridgehead atoms. The first-order valence-electron chi connectivity index (χ1n) is 8.00. The van der Waals surface area contributed by atoms with Gasteiger partial charge in [0.25, 0.3) is 0 Å². The van der Waals surface area contributed by atoms with Gasteiger partial charge in [0.1, 0.15) is 0 Å². The molecule has 1 aromatic carbocycles. The molecule has 1 aromatic rings. The molecule has 0 spiro atoms. The summed E-state index contributed by atoms with van der Waals surface area (Å²) in [5.41, 5.74) is 0.964. The molecule has 2 rings (SSSR count). The number of hydrogen-bond acceptors (Lipinski definition) is 2. The van der Waals surface area contributed by atoms with Crippen LogP contribution in [0.5, 0.6) is 0 Å². The molecule has 1 heterocycles. The van der Waals surface area contributed by atoms with Crippen LogP contribution in [0, 0.1) is 0 Å². The lowest BCUT2D eigenvalue weighted by atomic mass is 10.1. The van der Waals surface area contributed by atoms with E-state index < -0.39 is 0 Å². The van der Waals surface area contributed by atoms with Crippen LogP contribution in [-0.4, -0.2) is 73.4 Å². The maximum Gasteiger partial charge on any atom is 0.227 e. The lowest BCUT2D eigenvalue weighted by Crippen LogP contribution is -2.53. The monoisotopic (exact) mass is 464 g/mol. The van der Waals surface area contributed by atoms with E-state index in [1.807, 2.05) is 55.1 Å². The molecule has 1 aliphatic rings. The molecule has 24 heavy (non-hydrogen) atoms. The molecule has 0 aromatic heterocycles. The highest BCUT2D eigenvalue weighted by atomic mass is 127. The fraction of sp³-hybridized carbons (Fsp3) is 0.529. The number of aliphatic imine (C=N–C) groups is 1. The van der Waals surface area contributed by atoms with Crippen molar-refractivity contribution in [2.45, 2.75) is 13.3 Å². The molecule has 0 aliphatic carbocycles. The molecule has 1 fully saturated rings. The number of guanidine groups is 1. The Morgan fingerprint density at radius 1 is 1.21 bits per heavy atom. The Balaban J connectivity index is 0.00000288. The first-order valence-corrected chi connectivity index (χ1v) is 8.38. The van der Waals surface area contributed by atoms with Crippen LogP contribution in [0.3, 0.4) is 0 Å². The first kappa shape index (κ1) is 21.0. The Morgan fingerprint density at radius 3 is 2.38 bits per heavy atom. The summed E-state index contributed by atoms with van der Waals surface area (Å²) in [5.74, 6) is 1.15. The minimum atomic E-state index is 0. The smallest absolute Gasteiger partial charge is 0.227 e. The van der Waals surface area contributed by atoms with Crippen LogP contribution in [0.1, 0.15) is 12.5 Å². The lowest BCUT2D eigenvalue weighted by molar-refractivity contribution is -0.131. The molecule has 0 atom stereocenters. The van der Waals surface area contributed by atoms with E-state index in [4.69, 9.17) is 11.6 Å². The van der Waals surface area contributed by atoms with E-state index in [0.29, 0.717) is 11.4 Å². The van der Waals surface area contributed by atoms with E-state index >= 15 is 0 Å². The number of nitrogens with zero attached hydrogens (tertiary/aromatic N) is 4. The van der Waals surface area contributed by atoms with Crippen molar-refractivity contribution in [3.05, 3.63) is 34.9 Å². The van der Waals surface area contributed by atoms with Crippen LogP contribution < -0.4 is 0 Å². The van der Waals surface area contributed by atoms with Gasteiger partial charge in [-0.15, -0.1) is 24.0 Å². The van der Waals surface area contributed by atoms with E-state index in [2.05, 4.69) is 9.89 Å². The summed E-state index contributed by atoms with van der Waals surface area (Å²) in [4.78, 5) is 23.2. The normalized spacial score (nSPS) is 15.1. The fourth-order valence-corrected chi connectivity index (χ4v) is 2.97. The predicted molar refractivity (Wildman–Crippen MR) is 110 cm³/mol. The van der Waals surface area contributed by atoms with Gasteiger partial charge < -0.3 is 14.7 Å².